The zero-order valence-corrected chi connectivity index (χ0v) is 19.0. The van der Waals surface area contributed by atoms with Crippen molar-refractivity contribution in [1.29, 1.82) is 0 Å². The summed E-state index contributed by atoms with van der Waals surface area (Å²) in [6, 6.07) is 4.75. The van der Waals surface area contributed by atoms with E-state index in [4.69, 9.17) is 4.74 Å². The molecule has 1 aliphatic heterocycles. The molecule has 2 amide bonds. The summed E-state index contributed by atoms with van der Waals surface area (Å²) in [6.45, 7) is 0.509. The number of carbonyl (C=O) groups is 2. The maximum absolute atomic E-state index is 14.2. The fourth-order valence-electron chi connectivity index (χ4n) is 4.39. The number of halogens is 1. The Hall–Kier alpha value is -2.22. The van der Waals surface area contributed by atoms with Crippen LogP contribution >= 0.6 is 0 Å². The predicted octanol–water partition coefficient (Wildman–Crippen LogP) is 3.45. The summed E-state index contributed by atoms with van der Waals surface area (Å²) >= 11 is 0. The minimum Gasteiger partial charge on any atom is -0.490 e. The molecule has 1 unspecified atom stereocenters. The molecule has 3 aliphatic rings. The SMILES string of the molecule is O=C1CC(C/C=C/CCS(=O)(=O)CC2(c3ccc(F)c(OCC4CCC4)c3)CC2)C(=O)N1. The molecule has 1 aromatic rings. The average Bonchev–Trinajstić information content (AvgIpc) is 3.38. The van der Waals surface area contributed by atoms with Crippen LogP contribution in [0, 0.1) is 17.7 Å². The number of hydrogen-bond acceptors (Lipinski definition) is 5. The zero-order chi connectivity index (χ0) is 22.8. The molecule has 8 heteroatoms. The Kier molecular flexibility index (Phi) is 6.70. The van der Waals surface area contributed by atoms with Crippen LogP contribution in [0.15, 0.2) is 30.4 Å². The summed E-state index contributed by atoms with van der Waals surface area (Å²) in [7, 11) is -3.31. The van der Waals surface area contributed by atoms with E-state index in [-0.39, 0.29) is 41.4 Å². The van der Waals surface area contributed by atoms with Gasteiger partial charge in [0.1, 0.15) is 0 Å². The molecule has 4 rings (SSSR count). The summed E-state index contributed by atoms with van der Waals surface area (Å²) in [5.74, 6) is -0.519. The first-order valence-corrected chi connectivity index (χ1v) is 13.2. The molecule has 174 valence electrons. The number of allylic oxidation sites excluding steroid dienone is 2. The predicted molar refractivity (Wildman–Crippen MR) is 118 cm³/mol. The highest BCUT2D eigenvalue weighted by atomic mass is 32.2. The van der Waals surface area contributed by atoms with Crippen molar-refractivity contribution in [2.24, 2.45) is 11.8 Å². The lowest BCUT2D eigenvalue weighted by molar-refractivity contribution is -0.125. The summed E-state index contributed by atoms with van der Waals surface area (Å²) in [4.78, 5) is 22.7. The Bertz CT molecular complexity index is 1010. The van der Waals surface area contributed by atoms with Crippen LogP contribution in [-0.4, -0.2) is 38.3 Å². The van der Waals surface area contributed by atoms with E-state index in [1.807, 2.05) is 0 Å². The van der Waals surface area contributed by atoms with Gasteiger partial charge >= 0.3 is 0 Å². The summed E-state index contributed by atoms with van der Waals surface area (Å²) in [6.07, 6.45) is 9.47. The summed E-state index contributed by atoms with van der Waals surface area (Å²) < 4.78 is 45.4. The lowest BCUT2D eigenvalue weighted by Gasteiger charge is -2.25. The van der Waals surface area contributed by atoms with Crippen LogP contribution in [0.5, 0.6) is 5.75 Å². The zero-order valence-electron chi connectivity index (χ0n) is 18.1. The Morgan fingerprint density at radius 2 is 1.97 bits per heavy atom. The van der Waals surface area contributed by atoms with Crippen molar-refractivity contribution in [1.82, 2.24) is 5.32 Å². The molecule has 1 saturated heterocycles. The van der Waals surface area contributed by atoms with E-state index in [1.54, 1.807) is 24.3 Å². The van der Waals surface area contributed by atoms with Crippen LogP contribution < -0.4 is 10.1 Å². The molecule has 1 N–H and O–H groups in total. The molecule has 32 heavy (non-hydrogen) atoms. The van der Waals surface area contributed by atoms with Gasteiger partial charge in [-0.2, -0.15) is 0 Å². The topological polar surface area (TPSA) is 89.5 Å². The highest BCUT2D eigenvalue weighted by molar-refractivity contribution is 7.91. The lowest BCUT2D eigenvalue weighted by atomic mass is 9.86. The van der Waals surface area contributed by atoms with Crippen LogP contribution in [0.3, 0.4) is 0 Å². The van der Waals surface area contributed by atoms with E-state index >= 15 is 0 Å². The molecule has 6 nitrogen and oxygen atoms in total. The van der Waals surface area contributed by atoms with Crippen LogP contribution in [0.2, 0.25) is 0 Å². The van der Waals surface area contributed by atoms with E-state index in [0.29, 0.717) is 25.4 Å². The van der Waals surface area contributed by atoms with E-state index in [0.717, 1.165) is 31.2 Å². The van der Waals surface area contributed by atoms with Gasteiger partial charge in [0, 0.05) is 11.8 Å². The molecule has 1 atom stereocenters. The number of amides is 2. The number of carbonyl (C=O) groups excluding carboxylic acids is 2. The van der Waals surface area contributed by atoms with Gasteiger partial charge < -0.3 is 4.74 Å². The van der Waals surface area contributed by atoms with E-state index < -0.39 is 21.1 Å². The number of rotatable bonds is 11. The first-order valence-electron chi connectivity index (χ1n) is 11.4. The van der Waals surface area contributed by atoms with Gasteiger partial charge in [0.05, 0.1) is 24.0 Å². The van der Waals surface area contributed by atoms with Crippen molar-refractivity contribution >= 4 is 21.7 Å². The molecule has 0 aromatic heterocycles. The van der Waals surface area contributed by atoms with Gasteiger partial charge in [-0.25, -0.2) is 12.8 Å². The standard InChI is InChI=1S/C24H30FNO5S/c25-20-9-8-19(14-21(20)31-15-17-5-4-6-17)24(10-11-24)16-32(29,30)12-3-1-2-7-18-13-22(27)26-23(18)28/h1-2,8-9,14,17-18H,3-7,10-13,15-16H2,(H,26,27,28)/b2-1+. The van der Waals surface area contributed by atoms with Gasteiger partial charge in [0.2, 0.25) is 11.8 Å². The molecule has 0 bridgehead atoms. The van der Waals surface area contributed by atoms with Crippen molar-refractivity contribution in [3.63, 3.8) is 0 Å². The fourth-order valence-corrected chi connectivity index (χ4v) is 6.33. The smallest absolute Gasteiger partial charge is 0.230 e. The van der Waals surface area contributed by atoms with E-state index in [2.05, 4.69) is 5.32 Å². The third kappa shape index (κ3) is 5.57. The number of ether oxygens (including phenoxy) is 1. The monoisotopic (exact) mass is 463 g/mol. The molecule has 2 saturated carbocycles. The second-order valence-corrected chi connectivity index (χ2v) is 11.6. The van der Waals surface area contributed by atoms with Crippen LogP contribution in [0.4, 0.5) is 4.39 Å². The molecule has 1 heterocycles. The molecular weight excluding hydrogens is 433 g/mol. The molecule has 2 aliphatic carbocycles. The summed E-state index contributed by atoms with van der Waals surface area (Å²) in [5, 5.41) is 2.27. The van der Waals surface area contributed by atoms with Gasteiger partial charge in [-0.3, -0.25) is 14.9 Å². The number of nitrogens with one attached hydrogen (secondary N) is 1. The largest absolute Gasteiger partial charge is 0.490 e. The normalized spacial score (nSPS) is 22.7. The fraction of sp³-hybridized carbons (Fsp3) is 0.583. The minimum absolute atomic E-state index is 0.0211. The Labute approximate surface area is 188 Å². The number of hydrogen-bond donors (Lipinski definition) is 1. The number of imide groups is 1. The van der Waals surface area contributed by atoms with E-state index in [1.165, 1.54) is 12.5 Å². The van der Waals surface area contributed by atoms with Gasteiger partial charge in [0.25, 0.3) is 0 Å². The second-order valence-electron chi connectivity index (χ2n) is 9.43. The highest BCUT2D eigenvalue weighted by Gasteiger charge is 2.47. The summed E-state index contributed by atoms with van der Waals surface area (Å²) in [5.41, 5.74) is 0.381. The first kappa shape index (κ1) is 23.0. The third-order valence-electron chi connectivity index (χ3n) is 6.84. The van der Waals surface area contributed by atoms with E-state index in [9.17, 15) is 22.4 Å². The van der Waals surface area contributed by atoms with Crippen LogP contribution in [0.1, 0.15) is 56.9 Å². The molecule has 0 radical (unpaired) electrons. The van der Waals surface area contributed by atoms with Gasteiger partial charge in [-0.15, -0.1) is 0 Å². The molecule has 1 aromatic carbocycles. The lowest BCUT2D eigenvalue weighted by Crippen LogP contribution is -2.23. The van der Waals surface area contributed by atoms with Crippen molar-refractivity contribution < 1.29 is 27.1 Å². The average molecular weight is 464 g/mol. The van der Waals surface area contributed by atoms with Gasteiger partial charge in [-0.05, 0) is 62.1 Å². The maximum atomic E-state index is 14.2. The van der Waals surface area contributed by atoms with Crippen molar-refractivity contribution in [3.05, 3.63) is 41.7 Å². The highest BCUT2D eigenvalue weighted by Crippen LogP contribution is 2.50. The molecule has 3 fully saturated rings. The molecular formula is C24H30FNO5S. The Morgan fingerprint density at radius 1 is 1.19 bits per heavy atom. The Balaban J connectivity index is 1.30. The second kappa shape index (κ2) is 9.33. The van der Waals surface area contributed by atoms with Crippen molar-refractivity contribution in [2.45, 2.75) is 56.8 Å². The molecule has 0 spiro atoms. The Morgan fingerprint density at radius 3 is 2.59 bits per heavy atom. The number of sulfone groups is 1. The van der Waals surface area contributed by atoms with Crippen molar-refractivity contribution in [2.75, 3.05) is 18.1 Å². The maximum Gasteiger partial charge on any atom is 0.230 e. The van der Waals surface area contributed by atoms with Crippen LogP contribution in [0.25, 0.3) is 0 Å². The third-order valence-corrected chi connectivity index (χ3v) is 8.69. The quantitative estimate of drug-likeness (QED) is 0.401. The van der Waals surface area contributed by atoms with Crippen molar-refractivity contribution in [3.8, 4) is 5.75 Å². The minimum atomic E-state index is -3.31. The first-order chi connectivity index (χ1) is 15.3. The van der Waals surface area contributed by atoms with Gasteiger partial charge in [-0.1, -0.05) is 24.6 Å². The van der Waals surface area contributed by atoms with Crippen LogP contribution in [-0.2, 0) is 24.8 Å². The van der Waals surface area contributed by atoms with Gasteiger partial charge in [0.15, 0.2) is 21.4 Å². The number of benzene rings is 1.